The van der Waals surface area contributed by atoms with Crippen molar-refractivity contribution in [2.45, 2.75) is 13.0 Å². The first-order valence-electron chi connectivity index (χ1n) is 5.40. The summed E-state index contributed by atoms with van der Waals surface area (Å²) in [6.45, 7) is 1.87. The van der Waals surface area contributed by atoms with Crippen LogP contribution in [-0.2, 0) is 4.79 Å². The minimum Gasteiger partial charge on any atom is -0.496 e. The predicted octanol–water partition coefficient (Wildman–Crippen LogP) is 3.25. The Morgan fingerprint density at radius 1 is 1.29 bits per heavy atom. The second-order valence-electron chi connectivity index (χ2n) is 3.84. The third kappa shape index (κ3) is 2.19. The summed E-state index contributed by atoms with van der Waals surface area (Å²) in [5.41, 5.74) is 0.995. The first kappa shape index (κ1) is 11.4. The minimum atomic E-state index is -0.164. The molecule has 0 N–H and O–H groups in total. The van der Waals surface area contributed by atoms with Gasteiger partial charge in [-0.05, 0) is 30.0 Å². The van der Waals surface area contributed by atoms with Crippen LogP contribution < -0.4 is 4.74 Å². The molecule has 2 aromatic rings. The van der Waals surface area contributed by atoms with Gasteiger partial charge in [0.05, 0.1) is 13.2 Å². The van der Waals surface area contributed by atoms with E-state index in [1.807, 2.05) is 43.3 Å². The lowest BCUT2D eigenvalue weighted by molar-refractivity contribution is 0.420. The molecule has 0 aliphatic carbocycles. The minimum absolute atomic E-state index is 0.164. The van der Waals surface area contributed by atoms with Gasteiger partial charge in [0, 0.05) is 5.39 Å². The van der Waals surface area contributed by atoms with Gasteiger partial charge in [-0.1, -0.05) is 24.3 Å². The summed E-state index contributed by atoms with van der Waals surface area (Å²) in [7, 11) is 1.65. The fourth-order valence-electron chi connectivity index (χ4n) is 1.86. The van der Waals surface area contributed by atoms with Crippen LogP contribution in [0.1, 0.15) is 18.5 Å². The van der Waals surface area contributed by atoms with Gasteiger partial charge in [-0.3, -0.25) is 0 Å². The van der Waals surface area contributed by atoms with E-state index < -0.39 is 0 Å². The summed E-state index contributed by atoms with van der Waals surface area (Å²) in [6.07, 6.45) is 1.59. The van der Waals surface area contributed by atoms with E-state index in [1.54, 1.807) is 13.2 Å². The van der Waals surface area contributed by atoms with Crippen molar-refractivity contribution in [3.05, 3.63) is 42.0 Å². The van der Waals surface area contributed by atoms with Crippen LogP contribution in [0.5, 0.6) is 5.75 Å². The third-order valence-electron chi connectivity index (χ3n) is 2.81. The van der Waals surface area contributed by atoms with Gasteiger partial charge in [0.15, 0.2) is 0 Å². The van der Waals surface area contributed by atoms with Crippen LogP contribution in [0.25, 0.3) is 10.8 Å². The van der Waals surface area contributed by atoms with Gasteiger partial charge in [0.25, 0.3) is 0 Å². The van der Waals surface area contributed by atoms with Crippen LogP contribution >= 0.6 is 0 Å². The molecule has 0 saturated carbocycles. The average Bonchev–Trinajstić information content (AvgIpc) is 2.37. The number of benzene rings is 2. The first-order chi connectivity index (χ1) is 8.26. The fourth-order valence-corrected chi connectivity index (χ4v) is 1.86. The highest BCUT2D eigenvalue weighted by molar-refractivity contribution is 5.88. The maximum absolute atomic E-state index is 10.2. The Labute approximate surface area is 99.7 Å². The zero-order valence-corrected chi connectivity index (χ0v) is 9.81. The van der Waals surface area contributed by atoms with Gasteiger partial charge in [-0.2, -0.15) is 4.99 Å². The van der Waals surface area contributed by atoms with E-state index in [0.29, 0.717) is 0 Å². The van der Waals surface area contributed by atoms with Gasteiger partial charge in [-0.15, -0.1) is 0 Å². The van der Waals surface area contributed by atoms with Crippen LogP contribution in [-0.4, -0.2) is 13.2 Å². The highest BCUT2D eigenvalue weighted by Gasteiger charge is 2.06. The fraction of sp³-hybridized carbons (Fsp3) is 0.214. The van der Waals surface area contributed by atoms with Crippen molar-refractivity contribution in [3.63, 3.8) is 0 Å². The van der Waals surface area contributed by atoms with Crippen molar-refractivity contribution < 1.29 is 9.53 Å². The summed E-state index contributed by atoms with van der Waals surface area (Å²) >= 11 is 0. The smallest absolute Gasteiger partial charge is 0.235 e. The molecule has 2 aromatic carbocycles. The maximum atomic E-state index is 10.2. The quantitative estimate of drug-likeness (QED) is 0.596. The van der Waals surface area contributed by atoms with Gasteiger partial charge in [-0.25, -0.2) is 4.79 Å². The summed E-state index contributed by atoms with van der Waals surface area (Å²) in [6, 6.07) is 11.7. The number of rotatable bonds is 3. The Hall–Kier alpha value is -2.12. The van der Waals surface area contributed by atoms with Gasteiger partial charge >= 0.3 is 0 Å². The topological polar surface area (TPSA) is 38.7 Å². The molecule has 0 aliphatic rings. The number of nitrogens with zero attached hydrogens (tertiary/aromatic N) is 1. The molecule has 1 atom stereocenters. The van der Waals surface area contributed by atoms with Crippen LogP contribution in [0.2, 0.25) is 0 Å². The number of aliphatic imine (C=N–C) groups is 1. The number of ether oxygens (including phenoxy) is 1. The molecule has 0 radical (unpaired) electrons. The van der Waals surface area contributed by atoms with Crippen molar-refractivity contribution in [2.24, 2.45) is 4.99 Å². The second kappa shape index (κ2) is 4.81. The number of methoxy groups -OCH3 is 1. The molecule has 2 rings (SSSR count). The maximum Gasteiger partial charge on any atom is 0.235 e. The van der Waals surface area contributed by atoms with E-state index >= 15 is 0 Å². The first-order valence-corrected chi connectivity index (χ1v) is 5.40. The number of hydrogen-bond acceptors (Lipinski definition) is 3. The molecule has 0 heterocycles. The second-order valence-corrected chi connectivity index (χ2v) is 3.84. The van der Waals surface area contributed by atoms with E-state index in [2.05, 4.69) is 4.99 Å². The largest absolute Gasteiger partial charge is 0.496 e. The molecule has 0 aliphatic heterocycles. The zero-order chi connectivity index (χ0) is 12.3. The lowest BCUT2D eigenvalue weighted by Gasteiger charge is -2.09. The summed E-state index contributed by atoms with van der Waals surface area (Å²) in [5, 5.41) is 2.14. The number of isocyanates is 1. The number of fused-ring (bicyclic) bond motifs is 1. The molecule has 3 nitrogen and oxygen atoms in total. The Morgan fingerprint density at radius 3 is 2.82 bits per heavy atom. The Balaban J connectivity index is 2.55. The van der Waals surface area contributed by atoms with Crippen molar-refractivity contribution in [1.29, 1.82) is 0 Å². The third-order valence-corrected chi connectivity index (χ3v) is 2.81. The Bertz CT molecular complexity index is 586. The van der Waals surface area contributed by atoms with E-state index in [-0.39, 0.29) is 6.04 Å². The average molecular weight is 227 g/mol. The van der Waals surface area contributed by atoms with Gasteiger partial charge < -0.3 is 4.74 Å². The molecule has 0 fully saturated rings. The molecule has 3 heteroatoms. The number of carbonyl (C=O) groups excluding carboxylic acids is 1. The van der Waals surface area contributed by atoms with E-state index in [0.717, 1.165) is 22.1 Å². The Morgan fingerprint density at radius 2 is 2.12 bits per heavy atom. The molecule has 1 unspecified atom stereocenters. The van der Waals surface area contributed by atoms with Gasteiger partial charge in [0.2, 0.25) is 6.08 Å². The van der Waals surface area contributed by atoms with Crippen LogP contribution in [0, 0.1) is 0 Å². The van der Waals surface area contributed by atoms with Crippen molar-refractivity contribution >= 4 is 16.9 Å². The number of hydrogen-bond donors (Lipinski definition) is 0. The molecular formula is C14H13NO2. The van der Waals surface area contributed by atoms with Gasteiger partial charge in [0.1, 0.15) is 5.75 Å². The van der Waals surface area contributed by atoms with Crippen LogP contribution in [0.15, 0.2) is 41.4 Å². The SMILES string of the molecule is COc1cccc2cc(C(C)N=C=O)ccc12. The van der Waals surface area contributed by atoms with Crippen molar-refractivity contribution in [1.82, 2.24) is 0 Å². The summed E-state index contributed by atoms with van der Waals surface area (Å²) in [5.74, 6) is 0.848. The van der Waals surface area contributed by atoms with Crippen LogP contribution in [0.4, 0.5) is 0 Å². The summed E-state index contributed by atoms with van der Waals surface area (Å²) in [4.78, 5) is 13.9. The molecule has 0 spiro atoms. The molecule has 0 amide bonds. The van der Waals surface area contributed by atoms with E-state index in [1.165, 1.54) is 0 Å². The predicted molar refractivity (Wildman–Crippen MR) is 67.0 cm³/mol. The van der Waals surface area contributed by atoms with E-state index in [4.69, 9.17) is 4.74 Å². The monoisotopic (exact) mass is 227 g/mol. The zero-order valence-electron chi connectivity index (χ0n) is 9.81. The van der Waals surface area contributed by atoms with Crippen molar-refractivity contribution in [3.8, 4) is 5.75 Å². The van der Waals surface area contributed by atoms with E-state index in [9.17, 15) is 4.79 Å². The highest BCUT2D eigenvalue weighted by Crippen LogP contribution is 2.28. The Kier molecular flexibility index (Phi) is 3.22. The summed E-state index contributed by atoms with van der Waals surface area (Å²) < 4.78 is 5.29. The highest BCUT2D eigenvalue weighted by atomic mass is 16.5. The standard InChI is InChI=1S/C14H13NO2/c1-10(15-9-16)11-6-7-13-12(8-11)4-3-5-14(13)17-2/h3-8,10H,1-2H3. The normalized spacial score (nSPS) is 11.9. The lowest BCUT2D eigenvalue weighted by atomic mass is 10.0. The molecule has 0 bridgehead atoms. The van der Waals surface area contributed by atoms with Crippen LogP contribution in [0.3, 0.4) is 0 Å². The lowest BCUT2D eigenvalue weighted by Crippen LogP contribution is -1.90. The molecule has 0 aromatic heterocycles. The molecule has 86 valence electrons. The molecule has 17 heavy (non-hydrogen) atoms. The molecule has 0 saturated heterocycles. The molecular weight excluding hydrogens is 214 g/mol. The van der Waals surface area contributed by atoms with Crippen molar-refractivity contribution in [2.75, 3.05) is 7.11 Å².